The molecule has 0 spiro atoms. The van der Waals surface area contributed by atoms with Gasteiger partial charge in [0.05, 0.1) is 6.04 Å². The third-order valence-electron chi connectivity index (χ3n) is 4.18. The average Bonchev–Trinajstić information content (AvgIpc) is 2.48. The summed E-state index contributed by atoms with van der Waals surface area (Å²) in [4.78, 5) is 12.1. The van der Waals surface area contributed by atoms with Crippen LogP contribution in [0.4, 0.5) is 0 Å². The van der Waals surface area contributed by atoms with Gasteiger partial charge in [-0.3, -0.25) is 4.79 Å². The molecular formula is C20H25NO2. The van der Waals surface area contributed by atoms with Gasteiger partial charge in [-0.25, -0.2) is 0 Å². The quantitative estimate of drug-likeness (QED) is 0.899. The van der Waals surface area contributed by atoms with E-state index in [4.69, 9.17) is 4.74 Å². The zero-order chi connectivity index (χ0) is 17.0. The van der Waals surface area contributed by atoms with Crippen molar-refractivity contribution in [3.05, 3.63) is 64.2 Å². The van der Waals surface area contributed by atoms with Crippen molar-refractivity contribution in [2.75, 3.05) is 6.61 Å². The van der Waals surface area contributed by atoms with Gasteiger partial charge in [-0.2, -0.15) is 0 Å². The minimum atomic E-state index is -0.113. The number of carbonyl (C=O) groups excluding carboxylic acids is 1. The number of nitrogens with one attached hydrogen (secondary N) is 1. The molecule has 2 aromatic rings. The van der Waals surface area contributed by atoms with Gasteiger partial charge in [0, 0.05) is 0 Å². The van der Waals surface area contributed by atoms with Crippen LogP contribution in [0, 0.1) is 27.7 Å². The van der Waals surface area contributed by atoms with Crippen molar-refractivity contribution in [2.24, 2.45) is 0 Å². The first kappa shape index (κ1) is 17.1. The molecular weight excluding hydrogens is 286 g/mol. The van der Waals surface area contributed by atoms with Crippen LogP contribution in [-0.2, 0) is 4.79 Å². The smallest absolute Gasteiger partial charge is 0.258 e. The molecule has 0 bridgehead atoms. The number of amides is 1. The Hall–Kier alpha value is -2.29. The fourth-order valence-electron chi connectivity index (χ4n) is 2.70. The van der Waals surface area contributed by atoms with E-state index in [1.165, 1.54) is 11.1 Å². The second-order valence-electron chi connectivity index (χ2n) is 6.14. The highest BCUT2D eigenvalue weighted by Gasteiger charge is 2.13. The van der Waals surface area contributed by atoms with E-state index in [-0.39, 0.29) is 18.6 Å². The van der Waals surface area contributed by atoms with Crippen LogP contribution in [0.15, 0.2) is 36.4 Å². The van der Waals surface area contributed by atoms with Gasteiger partial charge in [0.15, 0.2) is 6.61 Å². The minimum absolute atomic E-state index is 0.0273. The van der Waals surface area contributed by atoms with Crippen LogP contribution < -0.4 is 10.1 Å². The molecule has 0 heterocycles. The summed E-state index contributed by atoms with van der Waals surface area (Å²) in [6.07, 6.45) is 0. The van der Waals surface area contributed by atoms with Crippen LogP contribution in [-0.4, -0.2) is 12.5 Å². The minimum Gasteiger partial charge on any atom is -0.483 e. The first-order chi connectivity index (χ1) is 10.9. The van der Waals surface area contributed by atoms with Crippen LogP contribution in [0.25, 0.3) is 0 Å². The summed E-state index contributed by atoms with van der Waals surface area (Å²) in [5.74, 6) is 0.651. The van der Waals surface area contributed by atoms with E-state index in [1.807, 2.05) is 39.0 Å². The molecule has 1 atom stereocenters. The van der Waals surface area contributed by atoms with Crippen molar-refractivity contribution in [1.82, 2.24) is 5.32 Å². The third kappa shape index (κ3) is 4.35. The van der Waals surface area contributed by atoms with Crippen LogP contribution in [0.2, 0.25) is 0 Å². The number of hydrogen-bond acceptors (Lipinski definition) is 2. The average molecular weight is 311 g/mol. The van der Waals surface area contributed by atoms with Gasteiger partial charge in [-0.1, -0.05) is 35.9 Å². The van der Waals surface area contributed by atoms with E-state index in [2.05, 4.69) is 37.4 Å². The molecule has 0 aliphatic carbocycles. The predicted octanol–water partition coefficient (Wildman–Crippen LogP) is 4.18. The predicted molar refractivity (Wildman–Crippen MR) is 93.9 cm³/mol. The number of aryl methyl sites for hydroxylation is 3. The molecule has 0 saturated carbocycles. The molecule has 2 aromatic carbocycles. The van der Waals surface area contributed by atoms with Crippen molar-refractivity contribution in [1.29, 1.82) is 0 Å². The first-order valence-corrected chi connectivity index (χ1v) is 7.94. The second-order valence-corrected chi connectivity index (χ2v) is 6.14. The lowest BCUT2D eigenvalue weighted by Crippen LogP contribution is -2.31. The summed E-state index contributed by atoms with van der Waals surface area (Å²) in [6, 6.07) is 12.1. The Kier molecular flexibility index (Phi) is 5.43. The standard InChI is InChI=1S/C20H25NO2/c1-13-9-10-18(15(3)11-13)17(5)21-20(22)12-23-19-8-6-7-14(2)16(19)4/h6-11,17H,12H2,1-5H3,(H,21,22). The maximum atomic E-state index is 12.1. The summed E-state index contributed by atoms with van der Waals surface area (Å²) in [5, 5.41) is 3.00. The third-order valence-corrected chi connectivity index (χ3v) is 4.18. The topological polar surface area (TPSA) is 38.3 Å². The van der Waals surface area contributed by atoms with Crippen LogP contribution in [0.1, 0.15) is 40.8 Å². The SMILES string of the molecule is Cc1ccc(C(C)NC(=O)COc2cccc(C)c2C)c(C)c1. The molecule has 3 nitrogen and oxygen atoms in total. The first-order valence-electron chi connectivity index (χ1n) is 7.94. The summed E-state index contributed by atoms with van der Waals surface area (Å²) in [5.41, 5.74) is 5.78. The number of hydrogen-bond donors (Lipinski definition) is 1. The molecule has 122 valence electrons. The normalized spacial score (nSPS) is 11.9. The Morgan fingerprint density at radius 1 is 1.09 bits per heavy atom. The second kappa shape index (κ2) is 7.32. The maximum Gasteiger partial charge on any atom is 0.258 e. The van der Waals surface area contributed by atoms with Crippen LogP contribution in [0.5, 0.6) is 5.75 Å². The summed E-state index contributed by atoms with van der Waals surface area (Å²) >= 11 is 0. The lowest BCUT2D eigenvalue weighted by molar-refractivity contribution is -0.123. The molecule has 0 radical (unpaired) electrons. The maximum absolute atomic E-state index is 12.1. The number of carbonyl (C=O) groups is 1. The van der Waals surface area contributed by atoms with E-state index >= 15 is 0 Å². The largest absolute Gasteiger partial charge is 0.483 e. The van der Waals surface area contributed by atoms with E-state index in [0.29, 0.717) is 0 Å². The number of rotatable bonds is 5. The van der Waals surface area contributed by atoms with Gasteiger partial charge in [0.1, 0.15) is 5.75 Å². The molecule has 0 aliphatic rings. The van der Waals surface area contributed by atoms with Gasteiger partial charge in [-0.05, 0) is 62.9 Å². The summed E-state index contributed by atoms with van der Waals surface area (Å²) < 4.78 is 5.65. The lowest BCUT2D eigenvalue weighted by atomic mass is 10.0. The Balaban J connectivity index is 1.95. The summed E-state index contributed by atoms with van der Waals surface area (Å²) in [6.45, 7) is 10.2. The Morgan fingerprint density at radius 2 is 1.83 bits per heavy atom. The van der Waals surface area contributed by atoms with Crippen molar-refractivity contribution in [3.8, 4) is 5.75 Å². The van der Waals surface area contributed by atoms with Gasteiger partial charge in [-0.15, -0.1) is 0 Å². The van der Waals surface area contributed by atoms with Gasteiger partial charge in [0.25, 0.3) is 5.91 Å². The Bertz CT molecular complexity index is 707. The van der Waals surface area contributed by atoms with Gasteiger partial charge in [0.2, 0.25) is 0 Å². The zero-order valence-electron chi connectivity index (χ0n) is 14.6. The molecule has 1 amide bonds. The van der Waals surface area contributed by atoms with E-state index in [1.54, 1.807) is 0 Å². The van der Waals surface area contributed by atoms with Crippen LogP contribution in [0.3, 0.4) is 0 Å². The molecule has 0 aliphatic heterocycles. The van der Waals surface area contributed by atoms with E-state index in [0.717, 1.165) is 22.4 Å². The Labute approximate surface area is 138 Å². The number of benzene rings is 2. The number of ether oxygens (including phenoxy) is 1. The molecule has 1 N–H and O–H groups in total. The van der Waals surface area contributed by atoms with Crippen molar-refractivity contribution >= 4 is 5.91 Å². The fraction of sp³-hybridized carbons (Fsp3) is 0.350. The monoisotopic (exact) mass is 311 g/mol. The van der Waals surface area contributed by atoms with E-state index < -0.39 is 0 Å². The highest BCUT2D eigenvalue weighted by Crippen LogP contribution is 2.21. The lowest BCUT2D eigenvalue weighted by Gasteiger charge is -2.18. The molecule has 3 heteroatoms. The Morgan fingerprint density at radius 3 is 2.52 bits per heavy atom. The van der Waals surface area contributed by atoms with Crippen molar-refractivity contribution in [3.63, 3.8) is 0 Å². The van der Waals surface area contributed by atoms with Crippen molar-refractivity contribution < 1.29 is 9.53 Å². The van der Waals surface area contributed by atoms with Gasteiger partial charge < -0.3 is 10.1 Å². The summed E-state index contributed by atoms with van der Waals surface area (Å²) in [7, 11) is 0. The molecule has 1 unspecified atom stereocenters. The zero-order valence-corrected chi connectivity index (χ0v) is 14.6. The molecule has 0 aromatic heterocycles. The van der Waals surface area contributed by atoms with Crippen molar-refractivity contribution in [2.45, 2.75) is 40.7 Å². The fourth-order valence-corrected chi connectivity index (χ4v) is 2.70. The van der Waals surface area contributed by atoms with Gasteiger partial charge >= 0.3 is 0 Å². The highest BCUT2D eigenvalue weighted by molar-refractivity contribution is 5.78. The van der Waals surface area contributed by atoms with Crippen LogP contribution >= 0.6 is 0 Å². The molecule has 0 saturated heterocycles. The molecule has 0 fully saturated rings. The highest BCUT2D eigenvalue weighted by atomic mass is 16.5. The van der Waals surface area contributed by atoms with E-state index in [9.17, 15) is 4.79 Å². The molecule has 2 rings (SSSR count). The molecule has 23 heavy (non-hydrogen) atoms.